The van der Waals surface area contributed by atoms with Crippen LogP contribution in [0.25, 0.3) is 0 Å². The largest absolute Gasteiger partial charge is 0.496 e. The third-order valence-corrected chi connectivity index (χ3v) is 2.76. The molecule has 0 fully saturated rings. The summed E-state index contributed by atoms with van der Waals surface area (Å²) in [5, 5.41) is 0. The standard InChI is InChI=1S/C12H17N3O2/c1-16-11-8-14-6-5-9(11)12(15-13)10-4-2-3-7-17-10/h4-6,8,12,15H,2-3,7,13H2,1H3. The van der Waals surface area contributed by atoms with Crippen molar-refractivity contribution in [3.63, 3.8) is 0 Å². The van der Waals surface area contributed by atoms with E-state index in [4.69, 9.17) is 15.3 Å². The summed E-state index contributed by atoms with van der Waals surface area (Å²) in [5.74, 6) is 7.16. The van der Waals surface area contributed by atoms with Crippen molar-refractivity contribution in [1.82, 2.24) is 10.4 Å². The van der Waals surface area contributed by atoms with Gasteiger partial charge in [0.1, 0.15) is 17.6 Å². The van der Waals surface area contributed by atoms with Crippen LogP contribution in [0.1, 0.15) is 24.4 Å². The molecule has 1 unspecified atom stereocenters. The Labute approximate surface area is 101 Å². The van der Waals surface area contributed by atoms with Crippen molar-refractivity contribution >= 4 is 0 Å². The molecule has 0 bridgehead atoms. The van der Waals surface area contributed by atoms with Gasteiger partial charge in [0.25, 0.3) is 0 Å². The molecule has 1 aromatic rings. The summed E-state index contributed by atoms with van der Waals surface area (Å²) < 4.78 is 10.9. The average molecular weight is 235 g/mol. The van der Waals surface area contributed by atoms with Crippen LogP contribution in [0.4, 0.5) is 0 Å². The number of nitrogens with one attached hydrogen (secondary N) is 1. The molecule has 0 amide bonds. The number of aromatic nitrogens is 1. The average Bonchev–Trinajstić information content (AvgIpc) is 2.41. The first-order valence-corrected chi connectivity index (χ1v) is 5.63. The van der Waals surface area contributed by atoms with E-state index in [0.717, 1.165) is 30.8 Å². The summed E-state index contributed by atoms with van der Waals surface area (Å²) in [6.45, 7) is 0.734. The van der Waals surface area contributed by atoms with Gasteiger partial charge in [-0.2, -0.15) is 0 Å². The first kappa shape index (κ1) is 11.9. The lowest BCUT2D eigenvalue weighted by atomic mass is 10.0. The Morgan fingerprint density at radius 1 is 1.59 bits per heavy atom. The van der Waals surface area contributed by atoms with Crippen molar-refractivity contribution in [1.29, 1.82) is 0 Å². The summed E-state index contributed by atoms with van der Waals surface area (Å²) >= 11 is 0. The number of nitrogens with zero attached hydrogens (tertiary/aromatic N) is 1. The van der Waals surface area contributed by atoms with Crippen LogP contribution in [0, 0.1) is 0 Å². The number of hydrogen-bond acceptors (Lipinski definition) is 5. The van der Waals surface area contributed by atoms with E-state index in [9.17, 15) is 0 Å². The molecule has 1 aliphatic rings. The molecule has 1 aliphatic heterocycles. The van der Waals surface area contributed by atoms with Crippen LogP contribution in [-0.4, -0.2) is 18.7 Å². The minimum absolute atomic E-state index is 0.187. The van der Waals surface area contributed by atoms with E-state index in [0.29, 0.717) is 5.75 Å². The highest BCUT2D eigenvalue weighted by Crippen LogP contribution is 2.30. The topological polar surface area (TPSA) is 69.4 Å². The predicted octanol–water partition coefficient (Wildman–Crippen LogP) is 1.29. The highest BCUT2D eigenvalue weighted by Gasteiger charge is 2.21. The molecule has 0 saturated heterocycles. The van der Waals surface area contributed by atoms with Gasteiger partial charge in [0.2, 0.25) is 0 Å². The fourth-order valence-corrected chi connectivity index (χ4v) is 1.90. The van der Waals surface area contributed by atoms with Crippen molar-refractivity contribution in [2.45, 2.75) is 18.9 Å². The zero-order valence-electron chi connectivity index (χ0n) is 9.85. The first-order valence-electron chi connectivity index (χ1n) is 5.63. The Hall–Kier alpha value is -1.59. The fraction of sp³-hybridized carbons (Fsp3) is 0.417. The Morgan fingerprint density at radius 3 is 3.12 bits per heavy atom. The molecule has 0 aromatic carbocycles. The third kappa shape index (κ3) is 2.57. The van der Waals surface area contributed by atoms with Gasteiger partial charge in [0, 0.05) is 11.8 Å². The lowest BCUT2D eigenvalue weighted by Gasteiger charge is -2.24. The van der Waals surface area contributed by atoms with Crippen LogP contribution in [0.5, 0.6) is 5.75 Å². The van der Waals surface area contributed by atoms with Gasteiger partial charge in [0.05, 0.1) is 19.9 Å². The zero-order chi connectivity index (χ0) is 12.1. The van der Waals surface area contributed by atoms with Crippen LogP contribution in [-0.2, 0) is 4.74 Å². The summed E-state index contributed by atoms with van der Waals surface area (Å²) in [6, 6.07) is 1.69. The van der Waals surface area contributed by atoms with Crippen molar-refractivity contribution < 1.29 is 9.47 Å². The van der Waals surface area contributed by atoms with Gasteiger partial charge < -0.3 is 9.47 Å². The highest BCUT2D eigenvalue weighted by molar-refractivity contribution is 5.36. The third-order valence-electron chi connectivity index (χ3n) is 2.76. The van der Waals surface area contributed by atoms with Gasteiger partial charge in [-0.15, -0.1) is 0 Å². The van der Waals surface area contributed by atoms with Crippen molar-refractivity contribution in [2.75, 3.05) is 13.7 Å². The molecule has 17 heavy (non-hydrogen) atoms. The van der Waals surface area contributed by atoms with E-state index in [1.807, 2.05) is 6.07 Å². The van der Waals surface area contributed by atoms with Gasteiger partial charge in [-0.3, -0.25) is 10.8 Å². The lowest BCUT2D eigenvalue weighted by molar-refractivity contribution is 0.167. The molecule has 2 heterocycles. The van der Waals surface area contributed by atoms with Crippen LogP contribution in [0.15, 0.2) is 30.3 Å². The van der Waals surface area contributed by atoms with Gasteiger partial charge in [-0.25, -0.2) is 5.43 Å². The molecule has 3 N–H and O–H groups in total. The Kier molecular flexibility index (Phi) is 3.95. The van der Waals surface area contributed by atoms with Gasteiger partial charge in [-0.1, -0.05) is 0 Å². The van der Waals surface area contributed by atoms with Crippen molar-refractivity contribution in [2.24, 2.45) is 5.84 Å². The fourth-order valence-electron chi connectivity index (χ4n) is 1.90. The smallest absolute Gasteiger partial charge is 0.142 e. The maximum absolute atomic E-state index is 5.63. The zero-order valence-corrected chi connectivity index (χ0v) is 9.85. The number of rotatable bonds is 4. The summed E-state index contributed by atoms with van der Waals surface area (Å²) in [7, 11) is 1.62. The Morgan fingerprint density at radius 2 is 2.47 bits per heavy atom. The summed E-state index contributed by atoms with van der Waals surface area (Å²) in [6.07, 6.45) is 7.51. The molecule has 2 rings (SSSR count). The summed E-state index contributed by atoms with van der Waals surface area (Å²) in [4.78, 5) is 4.02. The number of allylic oxidation sites excluding steroid dienone is 1. The number of nitrogens with two attached hydrogens (primary N) is 1. The second kappa shape index (κ2) is 5.65. The SMILES string of the molecule is COc1cnccc1C(NN)C1=CCCCO1. The number of pyridine rings is 1. The monoisotopic (exact) mass is 235 g/mol. The van der Waals surface area contributed by atoms with Gasteiger partial charge in [-0.05, 0) is 25.0 Å². The van der Waals surface area contributed by atoms with Crippen LogP contribution in [0.3, 0.4) is 0 Å². The molecular formula is C12H17N3O2. The van der Waals surface area contributed by atoms with Gasteiger partial charge in [0.15, 0.2) is 0 Å². The summed E-state index contributed by atoms with van der Waals surface area (Å²) in [5.41, 5.74) is 3.69. The highest BCUT2D eigenvalue weighted by atomic mass is 16.5. The number of hydrogen-bond donors (Lipinski definition) is 2. The molecule has 0 radical (unpaired) electrons. The van der Waals surface area contributed by atoms with E-state index in [1.165, 1.54) is 0 Å². The number of ether oxygens (including phenoxy) is 2. The van der Waals surface area contributed by atoms with E-state index < -0.39 is 0 Å². The van der Waals surface area contributed by atoms with E-state index in [2.05, 4.69) is 16.5 Å². The minimum atomic E-state index is -0.187. The lowest BCUT2D eigenvalue weighted by Crippen LogP contribution is -2.31. The molecule has 1 atom stereocenters. The molecule has 0 saturated carbocycles. The van der Waals surface area contributed by atoms with Crippen LogP contribution >= 0.6 is 0 Å². The van der Waals surface area contributed by atoms with Crippen LogP contribution < -0.4 is 16.0 Å². The molecule has 92 valence electrons. The Bertz CT molecular complexity index is 406. The molecule has 5 nitrogen and oxygen atoms in total. The predicted molar refractivity (Wildman–Crippen MR) is 64.1 cm³/mol. The molecule has 0 aliphatic carbocycles. The van der Waals surface area contributed by atoms with Gasteiger partial charge >= 0.3 is 0 Å². The Balaban J connectivity index is 2.31. The molecule has 5 heteroatoms. The quantitative estimate of drug-likeness (QED) is 0.608. The van der Waals surface area contributed by atoms with E-state index in [-0.39, 0.29) is 6.04 Å². The van der Waals surface area contributed by atoms with Crippen LogP contribution in [0.2, 0.25) is 0 Å². The molecule has 0 spiro atoms. The van der Waals surface area contributed by atoms with Crippen molar-refractivity contribution in [3.8, 4) is 5.75 Å². The normalized spacial score (nSPS) is 16.9. The maximum atomic E-state index is 5.63. The maximum Gasteiger partial charge on any atom is 0.142 e. The first-order chi connectivity index (χ1) is 8.36. The molecule has 1 aromatic heterocycles. The number of methoxy groups -OCH3 is 1. The second-order valence-corrected chi connectivity index (χ2v) is 3.81. The van der Waals surface area contributed by atoms with E-state index >= 15 is 0 Å². The van der Waals surface area contributed by atoms with Crippen molar-refractivity contribution in [3.05, 3.63) is 35.9 Å². The second-order valence-electron chi connectivity index (χ2n) is 3.81. The molecular weight excluding hydrogens is 218 g/mol. The van der Waals surface area contributed by atoms with E-state index in [1.54, 1.807) is 19.5 Å². The number of hydrazine groups is 1. The minimum Gasteiger partial charge on any atom is -0.496 e.